The van der Waals surface area contributed by atoms with E-state index >= 15 is 0 Å². The van der Waals surface area contributed by atoms with Crippen molar-refractivity contribution < 1.29 is 0 Å². The van der Waals surface area contributed by atoms with Gasteiger partial charge in [0.2, 0.25) is 0 Å². The summed E-state index contributed by atoms with van der Waals surface area (Å²) in [5.74, 6) is 6.52. The summed E-state index contributed by atoms with van der Waals surface area (Å²) in [5.41, 5.74) is 3.84. The van der Waals surface area contributed by atoms with Gasteiger partial charge in [-0.25, -0.2) is 0 Å². The Kier molecular flexibility index (Phi) is 4.98. The topological polar surface area (TPSA) is 0 Å². The molecule has 0 atom stereocenters. The number of unbranched alkanes of at least 4 members (excludes halogenated alkanes) is 3. The van der Waals surface area contributed by atoms with E-state index < -0.39 is 0 Å². The highest BCUT2D eigenvalue weighted by Crippen LogP contribution is 2.11. The lowest BCUT2D eigenvalue weighted by Crippen LogP contribution is -1.85. The van der Waals surface area contributed by atoms with Crippen LogP contribution < -0.4 is 0 Å². The minimum Gasteiger partial charge on any atom is -0.0979 e. The molecule has 1 aromatic carbocycles. The second-order valence-corrected chi connectivity index (χ2v) is 4.01. The first kappa shape index (κ1) is 11.9. The summed E-state index contributed by atoms with van der Waals surface area (Å²) in [5, 5.41) is 0. The normalized spacial score (nSPS) is 9.53. The van der Waals surface area contributed by atoms with Gasteiger partial charge in [0.25, 0.3) is 0 Å². The smallest absolute Gasteiger partial charge is 0.0277 e. The molecule has 0 nitrogen and oxygen atoms in total. The van der Waals surface area contributed by atoms with Crippen molar-refractivity contribution in [2.45, 2.75) is 46.5 Å². The van der Waals surface area contributed by atoms with E-state index in [1.165, 1.54) is 36.0 Å². The van der Waals surface area contributed by atoms with Crippen molar-refractivity contribution in [1.82, 2.24) is 0 Å². The summed E-state index contributed by atoms with van der Waals surface area (Å²) in [4.78, 5) is 0. The number of hydrogen-bond acceptors (Lipinski definition) is 0. The van der Waals surface area contributed by atoms with Crippen molar-refractivity contribution in [2.24, 2.45) is 0 Å². The van der Waals surface area contributed by atoms with Gasteiger partial charge in [0.05, 0.1) is 0 Å². The number of rotatable bonds is 3. The quantitative estimate of drug-likeness (QED) is 0.506. The van der Waals surface area contributed by atoms with Crippen molar-refractivity contribution >= 4 is 0 Å². The van der Waals surface area contributed by atoms with Gasteiger partial charge in [-0.2, -0.15) is 0 Å². The molecule has 0 saturated heterocycles. The van der Waals surface area contributed by atoms with Crippen LogP contribution in [-0.2, 0) is 0 Å². The number of hydrogen-bond donors (Lipinski definition) is 0. The van der Waals surface area contributed by atoms with Crippen LogP contribution in [0, 0.1) is 25.7 Å². The zero-order valence-corrected chi connectivity index (χ0v) is 10.1. The molecule has 0 aliphatic carbocycles. The largest absolute Gasteiger partial charge is 0.0979 e. The van der Waals surface area contributed by atoms with E-state index in [9.17, 15) is 0 Å². The zero-order valence-electron chi connectivity index (χ0n) is 10.1. The fourth-order valence-corrected chi connectivity index (χ4v) is 1.51. The molecule has 0 N–H and O–H groups in total. The standard InChI is InChI=1S/C15H20/c1-4-5-6-7-8-11-15-12-9-10-13(2)14(15)3/h9-10,12H,4-7H2,1-3H3. The maximum atomic E-state index is 3.26. The van der Waals surface area contributed by atoms with Gasteiger partial charge in [0.15, 0.2) is 0 Å². The summed E-state index contributed by atoms with van der Waals surface area (Å²) >= 11 is 0. The van der Waals surface area contributed by atoms with E-state index in [4.69, 9.17) is 0 Å². The minimum absolute atomic E-state index is 1.03. The molecular formula is C15H20. The van der Waals surface area contributed by atoms with Crippen molar-refractivity contribution in [3.8, 4) is 11.8 Å². The van der Waals surface area contributed by atoms with Gasteiger partial charge in [-0.3, -0.25) is 0 Å². The summed E-state index contributed by atoms with van der Waals surface area (Å²) in [7, 11) is 0. The van der Waals surface area contributed by atoms with Gasteiger partial charge in [-0.15, -0.1) is 0 Å². The summed E-state index contributed by atoms with van der Waals surface area (Å²) in [6.07, 6.45) is 4.82. The van der Waals surface area contributed by atoms with E-state index in [1.807, 2.05) is 0 Å². The van der Waals surface area contributed by atoms with Crippen molar-refractivity contribution in [3.05, 3.63) is 34.9 Å². The third-order valence-electron chi connectivity index (χ3n) is 2.73. The Balaban J connectivity index is 2.60. The monoisotopic (exact) mass is 200 g/mol. The lowest BCUT2D eigenvalue weighted by molar-refractivity contribution is 0.737. The molecule has 0 heterocycles. The summed E-state index contributed by atoms with van der Waals surface area (Å²) in [6, 6.07) is 6.32. The molecule has 15 heavy (non-hydrogen) atoms. The van der Waals surface area contributed by atoms with Crippen molar-refractivity contribution in [1.29, 1.82) is 0 Å². The molecule has 0 amide bonds. The molecule has 0 aliphatic rings. The van der Waals surface area contributed by atoms with Crippen LogP contribution in [0.4, 0.5) is 0 Å². The van der Waals surface area contributed by atoms with Crippen molar-refractivity contribution in [2.75, 3.05) is 0 Å². The molecule has 1 aromatic rings. The molecular weight excluding hydrogens is 180 g/mol. The fraction of sp³-hybridized carbons (Fsp3) is 0.467. The zero-order chi connectivity index (χ0) is 11.1. The highest BCUT2D eigenvalue weighted by atomic mass is 14.0. The fourth-order valence-electron chi connectivity index (χ4n) is 1.51. The van der Waals surface area contributed by atoms with Gasteiger partial charge < -0.3 is 0 Å². The van der Waals surface area contributed by atoms with Crippen LogP contribution in [0.2, 0.25) is 0 Å². The van der Waals surface area contributed by atoms with Crippen LogP contribution in [0.1, 0.15) is 49.3 Å². The molecule has 80 valence electrons. The van der Waals surface area contributed by atoms with Gasteiger partial charge in [-0.1, -0.05) is 43.7 Å². The summed E-state index contributed by atoms with van der Waals surface area (Å²) in [6.45, 7) is 6.50. The Labute approximate surface area is 93.7 Å². The molecule has 0 bridgehead atoms. The lowest BCUT2D eigenvalue weighted by Gasteiger charge is -2.01. The first-order valence-electron chi connectivity index (χ1n) is 5.80. The predicted octanol–water partition coefficient (Wildman–Crippen LogP) is 4.24. The molecule has 1 rings (SSSR count). The highest BCUT2D eigenvalue weighted by molar-refractivity contribution is 5.44. The van der Waals surface area contributed by atoms with E-state index in [1.54, 1.807) is 0 Å². The van der Waals surface area contributed by atoms with Crippen LogP contribution in [0.15, 0.2) is 18.2 Å². The average molecular weight is 200 g/mol. The Hall–Kier alpha value is -1.22. The molecule has 0 aromatic heterocycles. The highest BCUT2D eigenvalue weighted by Gasteiger charge is 1.95. The van der Waals surface area contributed by atoms with Crippen LogP contribution in [-0.4, -0.2) is 0 Å². The Morgan fingerprint density at radius 3 is 2.67 bits per heavy atom. The maximum Gasteiger partial charge on any atom is 0.0277 e. The third-order valence-corrected chi connectivity index (χ3v) is 2.73. The van der Waals surface area contributed by atoms with Gasteiger partial charge >= 0.3 is 0 Å². The Bertz CT molecular complexity index is 363. The average Bonchev–Trinajstić information content (AvgIpc) is 2.24. The van der Waals surface area contributed by atoms with E-state index in [0.29, 0.717) is 0 Å². The van der Waals surface area contributed by atoms with Crippen LogP contribution in [0.5, 0.6) is 0 Å². The first-order valence-corrected chi connectivity index (χ1v) is 5.80. The molecule has 0 heteroatoms. The second-order valence-electron chi connectivity index (χ2n) is 4.01. The van der Waals surface area contributed by atoms with Gasteiger partial charge in [-0.05, 0) is 37.5 Å². The third kappa shape index (κ3) is 3.80. The molecule has 0 unspecified atom stereocenters. The number of benzene rings is 1. The maximum absolute atomic E-state index is 3.26. The van der Waals surface area contributed by atoms with E-state index in [-0.39, 0.29) is 0 Å². The Morgan fingerprint density at radius 1 is 1.13 bits per heavy atom. The van der Waals surface area contributed by atoms with Crippen molar-refractivity contribution in [3.63, 3.8) is 0 Å². The van der Waals surface area contributed by atoms with Gasteiger partial charge in [0.1, 0.15) is 0 Å². The minimum atomic E-state index is 1.03. The molecule has 0 saturated carbocycles. The predicted molar refractivity (Wildman–Crippen MR) is 66.9 cm³/mol. The SMILES string of the molecule is CCCCCC#Cc1cccc(C)c1C. The number of aryl methyl sites for hydroxylation is 1. The van der Waals surface area contributed by atoms with Crippen LogP contribution in [0.3, 0.4) is 0 Å². The summed E-state index contributed by atoms with van der Waals surface area (Å²) < 4.78 is 0. The van der Waals surface area contributed by atoms with E-state index in [2.05, 4.69) is 50.8 Å². The first-order chi connectivity index (χ1) is 7.25. The van der Waals surface area contributed by atoms with Gasteiger partial charge in [0, 0.05) is 12.0 Å². The van der Waals surface area contributed by atoms with Crippen LogP contribution >= 0.6 is 0 Å². The Morgan fingerprint density at radius 2 is 1.93 bits per heavy atom. The second kappa shape index (κ2) is 6.30. The molecule has 0 aliphatic heterocycles. The lowest BCUT2D eigenvalue weighted by atomic mass is 10.0. The molecule has 0 spiro atoms. The van der Waals surface area contributed by atoms with E-state index in [0.717, 1.165) is 6.42 Å². The molecule has 0 radical (unpaired) electrons. The molecule has 0 fully saturated rings. The van der Waals surface area contributed by atoms with Crippen LogP contribution in [0.25, 0.3) is 0 Å².